The first kappa shape index (κ1) is 26.7. The SMILES string of the molecule is CCCC(CC1CC(=O)c2c(C)ccc(C(=O)Cc3ccccc3)c2C1)C(CC)C(=O)CC(C)=O. The molecule has 0 N–H and O–H groups in total. The van der Waals surface area contributed by atoms with Gasteiger partial charge in [0.1, 0.15) is 11.6 Å². The van der Waals surface area contributed by atoms with E-state index in [1.54, 1.807) is 0 Å². The van der Waals surface area contributed by atoms with Crippen molar-refractivity contribution in [1.82, 2.24) is 0 Å². The van der Waals surface area contributed by atoms with Gasteiger partial charge < -0.3 is 0 Å². The summed E-state index contributed by atoms with van der Waals surface area (Å²) in [5.74, 6) is 0.140. The molecule has 0 saturated heterocycles. The molecular weight excluding hydrogens is 436 g/mol. The Kier molecular flexibility index (Phi) is 9.31. The van der Waals surface area contributed by atoms with Crippen LogP contribution >= 0.6 is 0 Å². The van der Waals surface area contributed by atoms with Gasteiger partial charge in [-0.25, -0.2) is 0 Å². The van der Waals surface area contributed by atoms with Crippen LogP contribution in [-0.2, 0) is 22.4 Å². The normalized spacial score (nSPS) is 16.9. The smallest absolute Gasteiger partial charge is 0.167 e. The summed E-state index contributed by atoms with van der Waals surface area (Å²) in [6, 6.07) is 13.5. The van der Waals surface area contributed by atoms with Crippen LogP contribution < -0.4 is 0 Å². The van der Waals surface area contributed by atoms with E-state index in [9.17, 15) is 19.2 Å². The van der Waals surface area contributed by atoms with Gasteiger partial charge in [0.15, 0.2) is 11.6 Å². The van der Waals surface area contributed by atoms with Crippen LogP contribution in [0.3, 0.4) is 0 Å². The maximum absolute atomic E-state index is 13.3. The molecule has 0 amide bonds. The van der Waals surface area contributed by atoms with Crippen molar-refractivity contribution < 1.29 is 19.2 Å². The van der Waals surface area contributed by atoms with Gasteiger partial charge in [0.25, 0.3) is 0 Å². The van der Waals surface area contributed by atoms with Crippen LogP contribution in [0.1, 0.15) is 96.7 Å². The molecule has 2 aromatic carbocycles. The highest BCUT2D eigenvalue weighted by Crippen LogP contribution is 2.37. The van der Waals surface area contributed by atoms with Crippen LogP contribution in [0.5, 0.6) is 0 Å². The molecule has 0 saturated carbocycles. The van der Waals surface area contributed by atoms with E-state index in [0.29, 0.717) is 36.8 Å². The number of hydrogen-bond acceptors (Lipinski definition) is 4. The number of Topliss-reactive ketones (excluding diaryl/α,β-unsaturated/α-hetero) is 4. The lowest BCUT2D eigenvalue weighted by Gasteiger charge is -2.32. The molecule has 1 aliphatic rings. The predicted molar refractivity (Wildman–Crippen MR) is 139 cm³/mol. The van der Waals surface area contributed by atoms with Gasteiger partial charge in [0, 0.05) is 29.9 Å². The Balaban J connectivity index is 1.87. The fraction of sp³-hybridized carbons (Fsp3) is 0.484. The maximum Gasteiger partial charge on any atom is 0.167 e. The highest BCUT2D eigenvalue weighted by atomic mass is 16.1. The molecular formula is C31H38O4. The van der Waals surface area contributed by atoms with E-state index in [2.05, 4.69) is 6.92 Å². The summed E-state index contributed by atoms with van der Waals surface area (Å²) in [7, 11) is 0. The highest BCUT2D eigenvalue weighted by molar-refractivity contribution is 6.06. The lowest BCUT2D eigenvalue weighted by atomic mass is 9.71. The van der Waals surface area contributed by atoms with Crippen LogP contribution in [0.25, 0.3) is 0 Å². The van der Waals surface area contributed by atoms with Gasteiger partial charge in [-0.2, -0.15) is 0 Å². The maximum atomic E-state index is 13.3. The minimum Gasteiger partial charge on any atom is -0.300 e. The van der Waals surface area contributed by atoms with Crippen LogP contribution in [0.15, 0.2) is 42.5 Å². The zero-order chi connectivity index (χ0) is 25.5. The summed E-state index contributed by atoms with van der Waals surface area (Å²) < 4.78 is 0. The molecule has 3 atom stereocenters. The number of hydrogen-bond donors (Lipinski definition) is 0. The molecule has 0 spiro atoms. The van der Waals surface area contributed by atoms with Crippen LogP contribution in [0, 0.1) is 24.7 Å². The monoisotopic (exact) mass is 474 g/mol. The van der Waals surface area contributed by atoms with Crippen molar-refractivity contribution in [2.24, 2.45) is 17.8 Å². The Bertz CT molecular complexity index is 1080. The number of carbonyl (C=O) groups excluding carboxylic acids is 4. The standard InChI is InChI=1S/C31H38O4/c1-5-10-24(25(6-2)28(33)15-21(4)32)16-23-17-27-26(14-13-20(3)31(27)30(35)19-23)29(34)18-22-11-8-7-9-12-22/h7-9,11-14,23-25H,5-6,10,15-19H2,1-4H3. The van der Waals surface area contributed by atoms with Crippen LogP contribution in [0.4, 0.5) is 0 Å². The average molecular weight is 475 g/mol. The topological polar surface area (TPSA) is 68.3 Å². The zero-order valence-electron chi connectivity index (χ0n) is 21.6. The first-order valence-electron chi connectivity index (χ1n) is 13.0. The Hall–Kier alpha value is -2.88. The molecule has 186 valence electrons. The number of aryl methyl sites for hydroxylation is 1. The molecule has 0 heterocycles. The predicted octanol–water partition coefficient (Wildman–Crippen LogP) is 6.55. The van der Waals surface area contributed by atoms with Crippen molar-refractivity contribution in [3.05, 3.63) is 70.3 Å². The third-order valence-electron chi connectivity index (χ3n) is 7.42. The van der Waals surface area contributed by atoms with E-state index < -0.39 is 0 Å². The quantitative estimate of drug-likeness (QED) is 0.258. The van der Waals surface area contributed by atoms with E-state index in [4.69, 9.17) is 0 Å². The second kappa shape index (κ2) is 12.2. The molecule has 0 radical (unpaired) electrons. The molecule has 4 nitrogen and oxygen atoms in total. The number of rotatable bonds is 12. The minimum atomic E-state index is -0.160. The zero-order valence-corrected chi connectivity index (χ0v) is 21.6. The number of benzene rings is 2. The fourth-order valence-electron chi connectivity index (χ4n) is 5.88. The average Bonchev–Trinajstić information content (AvgIpc) is 2.79. The van der Waals surface area contributed by atoms with Crippen molar-refractivity contribution in [2.45, 2.75) is 79.1 Å². The Labute approximate surface area is 209 Å². The number of ketones is 4. The van der Waals surface area contributed by atoms with Crippen LogP contribution in [-0.4, -0.2) is 23.1 Å². The second-order valence-corrected chi connectivity index (χ2v) is 10.2. The van der Waals surface area contributed by atoms with Gasteiger partial charge in [0.05, 0.1) is 6.42 Å². The summed E-state index contributed by atoms with van der Waals surface area (Å²) in [5.41, 5.74) is 4.13. The van der Waals surface area contributed by atoms with E-state index in [1.165, 1.54) is 6.92 Å². The summed E-state index contributed by atoms with van der Waals surface area (Å²) in [4.78, 5) is 51.0. The minimum absolute atomic E-state index is 0.0114. The van der Waals surface area contributed by atoms with Gasteiger partial charge in [0.2, 0.25) is 0 Å². The van der Waals surface area contributed by atoms with Crippen LogP contribution in [0.2, 0.25) is 0 Å². The molecule has 4 heteroatoms. The van der Waals surface area contributed by atoms with Gasteiger partial charge in [-0.15, -0.1) is 0 Å². The number of fused-ring (bicyclic) bond motifs is 1. The second-order valence-electron chi connectivity index (χ2n) is 10.2. The lowest BCUT2D eigenvalue weighted by molar-refractivity contribution is -0.129. The molecule has 0 aromatic heterocycles. The van der Waals surface area contributed by atoms with Crippen molar-refractivity contribution in [3.8, 4) is 0 Å². The Morgan fingerprint density at radius 2 is 1.71 bits per heavy atom. The van der Waals surface area contributed by atoms with Gasteiger partial charge in [-0.3, -0.25) is 19.2 Å². The fourth-order valence-corrected chi connectivity index (χ4v) is 5.88. The molecule has 0 aliphatic heterocycles. The Morgan fingerprint density at radius 1 is 1.00 bits per heavy atom. The first-order chi connectivity index (χ1) is 16.7. The van der Waals surface area contributed by atoms with E-state index in [1.807, 2.05) is 56.3 Å². The Morgan fingerprint density at radius 3 is 2.34 bits per heavy atom. The molecule has 3 rings (SSSR count). The summed E-state index contributed by atoms with van der Waals surface area (Å²) >= 11 is 0. The van der Waals surface area contributed by atoms with E-state index in [0.717, 1.165) is 36.0 Å². The largest absolute Gasteiger partial charge is 0.300 e. The van der Waals surface area contributed by atoms with Crippen molar-refractivity contribution in [3.63, 3.8) is 0 Å². The van der Waals surface area contributed by atoms with Gasteiger partial charge >= 0.3 is 0 Å². The van der Waals surface area contributed by atoms with Crippen molar-refractivity contribution >= 4 is 23.1 Å². The molecule has 2 aromatic rings. The molecule has 0 fully saturated rings. The molecule has 1 aliphatic carbocycles. The summed E-state index contributed by atoms with van der Waals surface area (Å²) in [6.07, 6.45) is 4.74. The van der Waals surface area contributed by atoms with Crippen molar-refractivity contribution in [2.75, 3.05) is 0 Å². The van der Waals surface area contributed by atoms with E-state index >= 15 is 0 Å². The first-order valence-corrected chi connectivity index (χ1v) is 13.0. The van der Waals surface area contributed by atoms with Gasteiger partial charge in [-0.1, -0.05) is 69.2 Å². The molecule has 35 heavy (non-hydrogen) atoms. The summed E-state index contributed by atoms with van der Waals surface area (Å²) in [6.45, 7) is 7.53. The highest BCUT2D eigenvalue weighted by Gasteiger charge is 2.34. The lowest BCUT2D eigenvalue weighted by Crippen LogP contribution is -2.30. The number of carbonyl (C=O) groups is 4. The third kappa shape index (κ3) is 6.62. The van der Waals surface area contributed by atoms with E-state index in [-0.39, 0.29) is 47.3 Å². The third-order valence-corrected chi connectivity index (χ3v) is 7.42. The molecule has 3 unspecified atom stereocenters. The van der Waals surface area contributed by atoms with Gasteiger partial charge in [-0.05, 0) is 61.6 Å². The summed E-state index contributed by atoms with van der Waals surface area (Å²) in [5, 5.41) is 0. The van der Waals surface area contributed by atoms with Crippen molar-refractivity contribution in [1.29, 1.82) is 0 Å². The molecule has 0 bridgehead atoms.